The SMILES string of the molecule is CC1CC(C)(CN=C=O)CC(N=C=O)C1C. The molecule has 0 aliphatic heterocycles. The van der Waals surface area contributed by atoms with Crippen LogP contribution in [-0.2, 0) is 9.59 Å². The van der Waals surface area contributed by atoms with Crippen molar-refractivity contribution in [2.24, 2.45) is 27.2 Å². The smallest absolute Gasteiger partial charge is 0.211 e. The zero-order valence-electron chi connectivity index (χ0n) is 10.1. The molecule has 4 unspecified atom stereocenters. The van der Waals surface area contributed by atoms with E-state index in [1.807, 2.05) is 0 Å². The summed E-state index contributed by atoms with van der Waals surface area (Å²) >= 11 is 0. The van der Waals surface area contributed by atoms with E-state index in [1.54, 1.807) is 12.2 Å². The van der Waals surface area contributed by atoms with Crippen molar-refractivity contribution in [2.75, 3.05) is 6.54 Å². The number of hydrogen-bond acceptors (Lipinski definition) is 4. The number of isocyanates is 2. The van der Waals surface area contributed by atoms with Gasteiger partial charge in [0.2, 0.25) is 12.2 Å². The average Bonchev–Trinajstić information content (AvgIpc) is 2.23. The van der Waals surface area contributed by atoms with Crippen LogP contribution in [0.25, 0.3) is 0 Å². The maximum Gasteiger partial charge on any atom is 0.235 e. The first-order valence-electron chi connectivity index (χ1n) is 5.63. The molecule has 0 aromatic carbocycles. The van der Waals surface area contributed by atoms with E-state index in [-0.39, 0.29) is 11.5 Å². The first-order valence-corrected chi connectivity index (χ1v) is 5.63. The lowest BCUT2D eigenvalue weighted by atomic mass is 9.65. The first-order chi connectivity index (χ1) is 7.52. The van der Waals surface area contributed by atoms with Crippen LogP contribution in [0.5, 0.6) is 0 Å². The monoisotopic (exact) mass is 222 g/mol. The van der Waals surface area contributed by atoms with Gasteiger partial charge in [-0.25, -0.2) is 19.6 Å². The van der Waals surface area contributed by atoms with Crippen LogP contribution in [0, 0.1) is 17.3 Å². The summed E-state index contributed by atoms with van der Waals surface area (Å²) in [5, 5.41) is 0. The minimum absolute atomic E-state index is 0.00750. The minimum atomic E-state index is -0.0473. The van der Waals surface area contributed by atoms with Crippen molar-refractivity contribution in [3.05, 3.63) is 0 Å². The largest absolute Gasteiger partial charge is 0.235 e. The summed E-state index contributed by atoms with van der Waals surface area (Å²) in [4.78, 5) is 28.1. The zero-order valence-corrected chi connectivity index (χ0v) is 10.1. The zero-order chi connectivity index (χ0) is 12.2. The molecule has 0 N–H and O–H groups in total. The molecule has 16 heavy (non-hydrogen) atoms. The van der Waals surface area contributed by atoms with Gasteiger partial charge in [0.15, 0.2) is 0 Å². The van der Waals surface area contributed by atoms with Crippen LogP contribution in [-0.4, -0.2) is 24.7 Å². The summed E-state index contributed by atoms with van der Waals surface area (Å²) < 4.78 is 0. The molecule has 0 aromatic heterocycles. The normalized spacial score (nSPS) is 38.3. The predicted molar refractivity (Wildman–Crippen MR) is 60.6 cm³/mol. The molecule has 4 heteroatoms. The van der Waals surface area contributed by atoms with E-state index in [1.165, 1.54) is 0 Å². The Bertz CT molecular complexity index is 343. The second-order valence-corrected chi connectivity index (χ2v) is 5.25. The second-order valence-electron chi connectivity index (χ2n) is 5.25. The van der Waals surface area contributed by atoms with E-state index < -0.39 is 0 Å². The fourth-order valence-corrected chi connectivity index (χ4v) is 2.70. The van der Waals surface area contributed by atoms with Crippen molar-refractivity contribution in [3.63, 3.8) is 0 Å². The Balaban J connectivity index is 2.83. The van der Waals surface area contributed by atoms with Gasteiger partial charge in [-0.1, -0.05) is 20.8 Å². The van der Waals surface area contributed by atoms with Crippen molar-refractivity contribution in [1.82, 2.24) is 0 Å². The molecule has 4 nitrogen and oxygen atoms in total. The third kappa shape index (κ3) is 2.88. The third-order valence-corrected chi connectivity index (χ3v) is 3.77. The van der Waals surface area contributed by atoms with Crippen LogP contribution < -0.4 is 0 Å². The molecule has 1 rings (SSSR count). The van der Waals surface area contributed by atoms with Gasteiger partial charge in [-0.05, 0) is 30.1 Å². The molecule has 1 fully saturated rings. The van der Waals surface area contributed by atoms with Crippen molar-refractivity contribution >= 4 is 12.2 Å². The second kappa shape index (κ2) is 5.20. The minimum Gasteiger partial charge on any atom is -0.211 e. The van der Waals surface area contributed by atoms with Crippen molar-refractivity contribution < 1.29 is 9.59 Å². The molecule has 88 valence electrons. The molecule has 0 amide bonds. The van der Waals surface area contributed by atoms with Crippen molar-refractivity contribution in [2.45, 2.75) is 39.7 Å². The van der Waals surface area contributed by atoms with Crippen molar-refractivity contribution in [1.29, 1.82) is 0 Å². The summed E-state index contributed by atoms with van der Waals surface area (Å²) in [6, 6.07) is 0.00750. The van der Waals surface area contributed by atoms with E-state index in [9.17, 15) is 9.59 Å². The molecule has 4 atom stereocenters. The quantitative estimate of drug-likeness (QED) is 0.542. The van der Waals surface area contributed by atoms with Gasteiger partial charge >= 0.3 is 0 Å². The number of hydrogen-bond donors (Lipinski definition) is 0. The van der Waals surface area contributed by atoms with E-state index in [2.05, 4.69) is 30.8 Å². The molecule has 1 saturated carbocycles. The Kier molecular flexibility index (Phi) is 4.17. The lowest BCUT2D eigenvalue weighted by Crippen LogP contribution is -2.39. The van der Waals surface area contributed by atoms with Gasteiger partial charge < -0.3 is 0 Å². The number of nitrogens with zero attached hydrogens (tertiary/aromatic N) is 2. The highest BCUT2D eigenvalue weighted by Crippen LogP contribution is 2.43. The molecular weight excluding hydrogens is 204 g/mol. The molecule has 1 aliphatic carbocycles. The van der Waals surface area contributed by atoms with Gasteiger partial charge in [0, 0.05) is 0 Å². The Morgan fingerprint density at radius 3 is 2.50 bits per heavy atom. The van der Waals surface area contributed by atoms with Crippen LogP contribution in [0.2, 0.25) is 0 Å². The van der Waals surface area contributed by atoms with Gasteiger partial charge in [-0.3, -0.25) is 0 Å². The van der Waals surface area contributed by atoms with E-state index in [4.69, 9.17) is 0 Å². The third-order valence-electron chi connectivity index (χ3n) is 3.77. The molecule has 0 bridgehead atoms. The molecule has 0 spiro atoms. The Morgan fingerprint density at radius 2 is 1.94 bits per heavy atom. The summed E-state index contributed by atoms with van der Waals surface area (Å²) in [6.45, 7) is 6.82. The molecule has 0 aromatic rings. The molecule has 0 saturated heterocycles. The summed E-state index contributed by atoms with van der Waals surface area (Å²) in [5.74, 6) is 0.859. The molecule has 0 heterocycles. The molecular formula is C12H18N2O2. The fourth-order valence-electron chi connectivity index (χ4n) is 2.70. The Labute approximate surface area is 95.9 Å². The van der Waals surface area contributed by atoms with Crippen LogP contribution >= 0.6 is 0 Å². The maximum atomic E-state index is 10.4. The Morgan fingerprint density at radius 1 is 1.25 bits per heavy atom. The Hall–Kier alpha value is -1.24. The van der Waals surface area contributed by atoms with Crippen LogP contribution in [0.15, 0.2) is 9.98 Å². The topological polar surface area (TPSA) is 58.9 Å². The van der Waals surface area contributed by atoms with E-state index in [0.717, 1.165) is 12.8 Å². The van der Waals surface area contributed by atoms with Crippen LogP contribution in [0.3, 0.4) is 0 Å². The maximum absolute atomic E-state index is 10.4. The first kappa shape index (κ1) is 12.8. The van der Waals surface area contributed by atoms with Gasteiger partial charge in [0.05, 0.1) is 12.6 Å². The molecule has 1 aliphatic rings. The van der Waals surface area contributed by atoms with Crippen LogP contribution in [0.4, 0.5) is 0 Å². The fraction of sp³-hybridized carbons (Fsp3) is 0.833. The number of rotatable bonds is 3. The lowest BCUT2D eigenvalue weighted by molar-refractivity contribution is 0.108. The van der Waals surface area contributed by atoms with Gasteiger partial charge in [0.1, 0.15) is 0 Å². The number of carbonyl (C=O) groups excluding carboxylic acids is 2. The van der Waals surface area contributed by atoms with E-state index in [0.29, 0.717) is 18.4 Å². The van der Waals surface area contributed by atoms with Crippen LogP contribution in [0.1, 0.15) is 33.6 Å². The van der Waals surface area contributed by atoms with Gasteiger partial charge in [-0.2, -0.15) is 0 Å². The lowest BCUT2D eigenvalue weighted by Gasteiger charge is -2.42. The predicted octanol–water partition coefficient (Wildman–Crippen LogP) is 2.10. The van der Waals surface area contributed by atoms with Crippen molar-refractivity contribution in [3.8, 4) is 0 Å². The summed E-state index contributed by atoms with van der Waals surface area (Å²) in [7, 11) is 0. The average molecular weight is 222 g/mol. The van der Waals surface area contributed by atoms with Gasteiger partial charge in [-0.15, -0.1) is 0 Å². The number of aliphatic imine (C=N–C) groups is 2. The summed E-state index contributed by atoms with van der Waals surface area (Å²) in [6.07, 6.45) is 5.02. The molecule has 0 radical (unpaired) electrons. The standard InChI is InChI=1S/C12H18N2O2/c1-9-4-12(3,6-13-7-15)5-11(10(9)2)14-8-16/h9-11H,4-6H2,1-3H3. The summed E-state index contributed by atoms with van der Waals surface area (Å²) in [5.41, 5.74) is -0.0473. The highest BCUT2D eigenvalue weighted by molar-refractivity contribution is 5.34. The highest BCUT2D eigenvalue weighted by atomic mass is 16.1. The van der Waals surface area contributed by atoms with E-state index >= 15 is 0 Å². The highest BCUT2D eigenvalue weighted by Gasteiger charge is 2.39. The van der Waals surface area contributed by atoms with Gasteiger partial charge in [0.25, 0.3) is 0 Å².